The van der Waals surface area contributed by atoms with Crippen LogP contribution < -0.4 is 15.4 Å². The topological polar surface area (TPSA) is 48.9 Å². The molecule has 1 aliphatic heterocycles. The van der Waals surface area contributed by atoms with Crippen LogP contribution in [0.3, 0.4) is 0 Å². The van der Waals surface area contributed by atoms with Gasteiger partial charge in [0, 0.05) is 25.2 Å². The van der Waals surface area contributed by atoms with Crippen LogP contribution in [0, 0.1) is 5.92 Å². The summed E-state index contributed by atoms with van der Waals surface area (Å²) in [6, 6.07) is 5.72. The molecule has 1 aromatic carbocycles. The molecule has 5 nitrogen and oxygen atoms in total. The fraction of sp³-hybridized carbons (Fsp3) is 0.611. The van der Waals surface area contributed by atoms with Crippen LogP contribution in [0.15, 0.2) is 29.3 Å². The van der Waals surface area contributed by atoms with Crippen LogP contribution in [0.2, 0.25) is 0 Å². The van der Waals surface area contributed by atoms with Crippen LogP contribution in [-0.2, 0) is 6.54 Å². The Morgan fingerprint density at radius 1 is 1.17 bits per heavy atom. The zero-order valence-corrected chi connectivity index (χ0v) is 15.9. The van der Waals surface area contributed by atoms with Gasteiger partial charge in [-0.25, -0.2) is 4.99 Å². The Morgan fingerprint density at radius 3 is 2.55 bits per heavy atom. The fourth-order valence-electron chi connectivity index (χ4n) is 3.08. The van der Waals surface area contributed by atoms with Crippen molar-refractivity contribution < 1.29 is 31.1 Å². The van der Waals surface area contributed by atoms with E-state index in [1.807, 2.05) is 6.92 Å². The molecule has 1 fully saturated rings. The van der Waals surface area contributed by atoms with Crippen molar-refractivity contribution in [3.8, 4) is 5.75 Å². The van der Waals surface area contributed by atoms with Gasteiger partial charge in [0.15, 0.2) is 5.96 Å². The normalized spacial score (nSPS) is 18.7. The quantitative estimate of drug-likeness (QED) is 0.398. The number of hydrogen-bond acceptors (Lipinski definition) is 3. The summed E-state index contributed by atoms with van der Waals surface area (Å²) in [5.41, 5.74) is 0.263. The second kappa shape index (κ2) is 10.0. The van der Waals surface area contributed by atoms with Crippen molar-refractivity contribution >= 4 is 5.96 Å². The molecule has 0 radical (unpaired) electrons. The van der Waals surface area contributed by atoms with Gasteiger partial charge in [0.25, 0.3) is 0 Å². The molecule has 0 amide bonds. The van der Waals surface area contributed by atoms with Gasteiger partial charge in [-0.05, 0) is 31.9 Å². The first-order valence-corrected chi connectivity index (χ1v) is 9.20. The molecule has 1 heterocycles. The van der Waals surface area contributed by atoms with Crippen molar-refractivity contribution in [1.29, 1.82) is 0 Å². The number of halogens is 6. The summed E-state index contributed by atoms with van der Waals surface area (Å²) in [6.07, 6.45) is -8.39. The molecule has 164 valence electrons. The van der Waals surface area contributed by atoms with Crippen molar-refractivity contribution in [3.05, 3.63) is 29.8 Å². The van der Waals surface area contributed by atoms with E-state index in [2.05, 4.69) is 20.4 Å². The van der Waals surface area contributed by atoms with E-state index in [0.29, 0.717) is 38.6 Å². The van der Waals surface area contributed by atoms with Crippen LogP contribution in [-0.4, -0.2) is 56.1 Å². The zero-order chi connectivity index (χ0) is 21.5. The first-order valence-electron chi connectivity index (χ1n) is 9.20. The average Bonchev–Trinajstić information content (AvgIpc) is 3.02. The Morgan fingerprint density at radius 2 is 1.90 bits per heavy atom. The third-order valence-electron chi connectivity index (χ3n) is 4.28. The number of guanidine groups is 1. The number of hydrogen-bond donors (Lipinski definition) is 2. The van der Waals surface area contributed by atoms with Crippen LogP contribution in [0.5, 0.6) is 5.75 Å². The maximum absolute atomic E-state index is 12.5. The molecule has 1 aromatic rings. The van der Waals surface area contributed by atoms with E-state index in [0.717, 1.165) is 0 Å². The second-order valence-electron chi connectivity index (χ2n) is 6.74. The van der Waals surface area contributed by atoms with Crippen LogP contribution in [0.25, 0.3) is 0 Å². The van der Waals surface area contributed by atoms with Crippen molar-refractivity contribution in [1.82, 2.24) is 15.5 Å². The maximum atomic E-state index is 12.5. The lowest BCUT2D eigenvalue weighted by Gasteiger charge is -2.19. The Labute approximate surface area is 165 Å². The first kappa shape index (κ1) is 23.1. The smallest absolute Gasteiger partial charge is 0.405 e. The maximum Gasteiger partial charge on any atom is 0.573 e. The third-order valence-corrected chi connectivity index (χ3v) is 4.28. The molecule has 1 saturated heterocycles. The van der Waals surface area contributed by atoms with Crippen LogP contribution in [0.1, 0.15) is 18.9 Å². The number of ether oxygens (including phenoxy) is 1. The van der Waals surface area contributed by atoms with Gasteiger partial charge in [0.2, 0.25) is 0 Å². The Kier molecular flexibility index (Phi) is 8.00. The Bertz CT molecular complexity index is 677. The predicted molar refractivity (Wildman–Crippen MR) is 96.5 cm³/mol. The average molecular weight is 426 g/mol. The molecule has 2 rings (SSSR count). The summed E-state index contributed by atoms with van der Waals surface area (Å²) in [6.45, 7) is 2.51. The van der Waals surface area contributed by atoms with Crippen molar-refractivity contribution in [2.75, 3.05) is 32.7 Å². The number of nitrogens with zero attached hydrogens (tertiary/aromatic N) is 2. The second-order valence-corrected chi connectivity index (χ2v) is 6.74. The van der Waals surface area contributed by atoms with Crippen LogP contribution >= 0.6 is 0 Å². The summed E-state index contributed by atoms with van der Waals surface area (Å²) in [4.78, 5) is 5.63. The molecule has 0 spiro atoms. The van der Waals surface area contributed by atoms with E-state index < -0.39 is 19.1 Å². The molecule has 11 heteroatoms. The highest BCUT2D eigenvalue weighted by Crippen LogP contribution is 2.26. The van der Waals surface area contributed by atoms with Gasteiger partial charge in [-0.3, -0.25) is 4.90 Å². The largest absolute Gasteiger partial charge is 0.573 e. The van der Waals surface area contributed by atoms with Gasteiger partial charge in [-0.1, -0.05) is 18.2 Å². The molecule has 1 atom stereocenters. The number of aliphatic imine (C=N–C) groups is 1. The highest BCUT2D eigenvalue weighted by atomic mass is 19.4. The first-order chi connectivity index (χ1) is 13.6. The van der Waals surface area contributed by atoms with E-state index in [-0.39, 0.29) is 23.8 Å². The summed E-state index contributed by atoms with van der Waals surface area (Å²) < 4.78 is 79.0. The van der Waals surface area contributed by atoms with Gasteiger partial charge in [-0.15, -0.1) is 13.2 Å². The molecule has 0 bridgehead atoms. The minimum absolute atomic E-state index is 0.0297. The lowest BCUT2D eigenvalue weighted by Crippen LogP contribution is -2.40. The van der Waals surface area contributed by atoms with Gasteiger partial charge in [0.1, 0.15) is 5.75 Å². The van der Waals surface area contributed by atoms with Crippen LogP contribution in [0.4, 0.5) is 26.3 Å². The lowest BCUT2D eigenvalue weighted by molar-refractivity contribution is -0.274. The SMILES string of the molecule is CCNC(=NCc1ccccc1OC(F)(F)F)NCC1CCN(CC(F)(F)F)C1. The highest BCUT2D eigenvalue weighted by molar-refractivity contribution is 5.79. The number of alkyl halides is 6. The standard InChI is InChI=1S/C18H24F6N4O/c1-2-25-16(26-9-13-7-8-28(11-13)12-17(19,20)21)27-10-14-5-3-4-6-15(14)29-18(22,23)24/h3-6,13H,2,7-12H2,1H3,(H2,25,26,27). The molecule has 0 aliphatic carbocycles. The van der Waals surface area contributed by atoms with Gasteiger partial charge in [-0.2, -0.15) is 13.2 Å². The number of benzene rings is 1. The molecule has 1 aliphatic rings. The van der Waals surface area contributed by atoms with Gasteiger partial charge >= 0.3 is 12.5 Å². The Balaban J connectivity index is 1.92. The number of likely N-dealkylation sites (tertiary alicyclic amines) is 1. The van der Waals surface area contributed by atoms with E-state index in [9.17, 15) is 26.3 Å². The molecule has 29 heavy (non-hydrogen) atoms. The molecular formula is C18H24F6N4O. The molecule has 2 N–H and O–H groups in total. The van der Waals surface area contributed by atoms with E-state index in [1.165, 1.54) is 23.1 Å². The van der Waals surface area contributed by atoms with Gasteiger partial charge < -0.3 is 15.4 Å². The van der Waals surface area contributed by atoms with E-state index >= 15 is 0 Å². The fourth-order valence-corrected chi connectivity index (χ4v) is 3.08. The summed E-state index contributed by atoms with van der Waals surface area (Å²) in [5, 5.41) is 6.03. The third kappa shape index (κ3) is 8.80. The van der Waals surface area contributed by atoms with Crippen molar-refractivity contribution in [2.24, 2.45) is 10.9 Å². The van der Waals surface area contributed by atoms with Gasteiger partial charge in [0.05, 0.1) is 13.1 Å². The number of para-hydroxylation sites is 1. The highest BCUT2D eigenvalue weighted by Gasteiger charge is 2.34. The summed E-state index contributed by atoms with van der Waals surface area (Å²) in [7, 11) is 0. The summed E-state index contributed by atoms with van der Waals surface area (Å²) >= 11 is 0. The van der Waals surface area contributed by atoms with Crippen molar-refractivity contribution in [3.63, 3.8) is 0 Å². The van der Waals surface area contributed by atoms with E-state index in [4.69, 9.17) is 0 Å². The molecular weight excluding hydrogens is 402 g/mol. The molecule has 1 unspecified atom stereocenters. The number of nitrogens with one attached hydrogen (secondary N) is 2. The molecule has 0 aromatic heterocycles. The van der Waals surface area contributed by atoms with Crippen molar-refractivity contribution in [2.45, 2.75) is 32.4 Å². The minimum Gasteiger partial charge on any atom is -0.405 e. The summed E-state index contributed by atoms with van der Waals surface area (Å²) in [5.74, 6) is 0.0869. The monoisotopic (exact) mass is 426 g/mol. The lowest BCUT2D eigenvalue weighted by atomic mass is 10.1. The predicted octanol–water partition coefficient (Wildman–Crippen LogP) is 3.52. The zero-order valence-electron chi connectivity index (χ0n) is 15.9. The number of rotatable bonds is 7. The Hall–Kier alpha value is -2.17. The van der Waals surface area contributed by atoms with E-state index in [1.54, 1.807) is 6.07 Å². The molecule has 0 saturated carbocycles. The minimum atomic E-state index is -4.80.